The summed E-state index contributed by atoms with van der Waals surface area (Å²) in [6.45, 7) is 0. The molecule has 0 N–H and O–H groups in total. The van der Waals surface area contributed by atoms with Crippen molar-refractivity contribution in [3.05, 3.63) is 21.7 Å². The standard InChI is InChI=1S/C8H6Cl2N2O4/c1-15-7(13)3-4(8(14)16-2)12-6(10)5(9)11-3/h1-2H3. The lowest BCUT2D eigenvalue weighted by atomic mass is 10.3. The maximum atomic E-state index is 11.3. The van der Waals surface area contributed by atoms with Crippen LogP contribution in [0, 0.1) is 0 Å². The van der Waals surface area contributed by atoms with Gasteiger partial charge in [-0.3, -0.25) is 0 Å². The molecule has 0 bridgehead atoms. The van der Waals surface area contributed by atoms with Gasteiger partial charge < -0.3 is 9.47 Å². The summed E-state index contributed by atoms with van der Waals surface area (Å²) in [6.07, 6.45) is 0. The highest BCUT2D eigenvalue weighted by Gasteiger charge is 2.24. The first-order chi connectivity index (χ1) is 7.51. The molecule has 0 aliphatic carbocycles. The fourth-order valence-corrected chi connectivity index (χ4v) is 1.13. The number of carbonyl (C=O) groups is 2. The van der Waals surface area contributed by atoms with Crippen LogP contribution in [0.3, 0.4) is 0 Å². The zero-order valence-corrected chi connectivity index (χ0v) is 9.80. The highest BCUT2D eigenvalue weighted by molar-refractivity contribution is 6.40. The van der Waals surface area contributed by atoms with Gasteiger partial charge in [0.1, 0.15) is 0 Å². The summed E-state index contributed by atoms with van der Waals surface area (Å²) in [5.74, 6) is -1.71. The van der Waals surface area contributed by atoms with Gasteiger partial charge in [0.05, 0.1) is 14.2 Å². The molecule has 6 nitrogen and oxygen atoms in total. The minimum atomic E-state index is -0.855. The third kappa shape index (κ3) is 2.40. The van der Waals surface area contributed by atoms with Crippen molar-refractivity contribution in [3.8, 4) is 0 Å². The van der Waals surface area contributed by atoms with Gasteiger partial charge in [0.2, 0.25) is 0 Å². The number of rotatable bonds is 2. The number of carbonyl (C=O) groups excluding carboxylic acids is 2. The summed E-state index contributed by atoms with van der Waals surface area (Å²) in [5.41, 5.74) is -0.687. The molecule has 0 aliphatic heterocycles. The Kier molecular flexibility index (Phi) is 4.03. The Labute approximate surface area is 100 Å². The van der Waals surface area contributed by atoms with Crippen molar-refractivity contribution >= 4 is 35.1 Å². The summed E-state index contributed by atoms with van der Waals surface area (Å²) in [7, 11) is 2.27. The van der Waals surface area contributed by atoms with Gasteiger partial charge in [-0.2, -0.15) is 0 Å². The second-order valence-corrected chi connectivity index (χ2v) is 3.20. The Morgan fingerprint density at radius 3 is 1.50 bits per heavy atom. The van der Waals surface area contributed by atoms with E-state index in [-0.39, 0.29) is 21.7 Å². The van der Waals surface area contributed by atoms with Gasteiger partial charge in [-0.05, 0) is 0 Å². The molecule has 0 atom stereocenters. The summed E-state index contributed by atoms with van der Waals surface area (Å²) in [4.78, 5) is 29.8. The average molecular weight is 265 g/mol. The van der Waals surface area contributed by atoms with E-state index in [9.17, 15) is 9.59 Å². The first kappa shape index (κ1) is 12.7. The Hall–Kier alpha value is -1.40. The second kappa shape index (κ2) is 5.09. The number of esters is 2. The number of nitrogens with zero attached hydrogens (tertiary/aromatic N) is 2. The fraction of sp³-hybridized carbons (Fsp3) is 0.250. The number of aromatic nitrogens is 2. The number of hydrogen-bond donors (Lipinski definition) is 0. The van der Waals surface area contributed by atoms with Crippen LogP contribution in [0.5, 0.6) is 0 Å². The molecule has 0 spiro atoms. The normalized spacial score (nSPS) is 9.75. The molecule has 0 saturated heterocycles. The van der Waals surface area contributed by atoms with Crippen LogP contribution in [0.15, 0.2) is 0 Å². The molecule has 0 fully saturated rings. The Morgan fingerprint density at radius 1 is 0.938 bits per heavy atom. The average Bonchev–Trinajstić information content (AvgIpc) is 2.30. The minimum Gasteiger partial charge on any atom is -0.464 e. The van der Waals surface area contributed by atoms with Gasteiger partial charge in [0.25, 0.3) is 0 Å². The molecule has 16 heavy (non-hydrogen) atoms. The number of ether oxygens (including phenoxy) is 2. The molecule has 86 valence electrons. The molecule has 0 unspecified atom stereocenters. The van der Waals surface area contributed by atoms with Crippen molar-refractivity contribution < 1.29 is 19.1 Å². The van der Waals surface area contributed by atoms with E-state index in [1.807, 2.05) is 0 Å². The zero-order valence-electron chi connectivity index (χ0n) is 8.28. The monoisotopic (exact) mass is 264 g/mol. The molecule has 1 rings (SSSR count). The molecule has 0 aliphatic rings. The Bertz CT molecular complexity index is 409. The molecule has 8 heteroatoms. The van der Waals surface area contributed by atoms with Crippen molar-refractivity contribution in [1.82, 2.24) is 9.97 Å². The Balaban J connectivity index is 3.38. The van der Waals surface area contributed by atoms with Crippen LogP contribution in [0.2, 0.25) is 10.3 Å². The van der Waals surface area contributed by atoms with Gasteiger partial charge in [-0.1, -0.05) is 23.2 Å². The lowest BCUT2D eigenvalue weighted by Gasteiger charge is -2.05. The molecular weight excluding hydrogens is 259 g/mol. The lowest BCUT2D eigenvalue weighted by molar-refractivity contribution is 0.0544. The van der Waals surface area contributed by atoms with Crippen molar-refractivity contribution in [2.45, 2.75) is 0 Å². The molecule has 1 aromatic heterocycles. The molecule has 0 amide bonds. The maximum Gasteiger partial charge on any atom is 0.359 e. The fourth-order valence-electron chi connectivity index (χ4n) is 0.872. The van der Waals surface area contributed by atoms with Crippen LogP contribution in [-0.2, 0) is 9.47 Å². The highest BCUT2D eigenvalue weighted by Crippen LogP contribution is 2.19. The topological polar surface area (TPSA) is 78.4 Å². The SMILES string of the molecule is COC(=O)c1nc(Cl)c(Cl)nc1C(=O)OC. The molecule has 0 aromatic carbocycles. The van der Waals surface area contributed by atoms with E-state index >= 15 is 0 Å². The largest absolute Gasteiger partial charge is 0.464 e. The van der Waals surface area contributed by atoms with Crippen LogP contribution in [0.4, 0.5) is 0 Å². The van der Waals surface area contributed by atoms with Crippen LogP contribution in [-0.4, -0.2) is 36.1 Å². The van der Waals surface area contributed by atoms with E-state index in [4.69, 9.17) is 23.2 Å². The van der Waals surface area contributed by atoms with Gasteiger partial charge in [-0.25, -0.2) is 19.6 Å². The summed E-state index contributed by atoms with van der Waals surface area (Å²) >= 11 is 11.1. The third-order valence-corrected chi connectivity index (χ3v) is 2.20. The van der Waals surface area contributed by atoms with Crippen molar-refractivity contribution in [3.63, 3.8) is 0 Å². The molecule has 0 radical (unpaired) electrons. The van der Waals surface area contributed by atoms with Crippen molar-refractivity contribution in [1.29, 1.82) is 0 Å². The molecular formula is C8H6Cl2N2O4. The maximum absolute atomic E-state index is 11.3. The second-order valence-electron chi connectivity index (χ2n) is 2.49. The third-order valence-electron chi connectivity index (χ3n) is 1.57. The summed E-state index contributed by atoms with van der Waals surface area (Å²) < 4.78 is 8.83. The van der Waals surface area contributed by atoms with E-state index in [0.29, 0.717) is 0 Å². The van der Waals surface area contributed by atoms with Crippen molar-refractivity contribution in [2.24, 2.45) is 0 Å². The van der Waals surface area contributed by atoms with E-state index in [0.717, 1.165) is 14.2 Å². The predicted octanol–water partition coefficient (Wildman–Crippen LogP) is 1.36. The van der Waals surface area contributed by atoms with Crippen LogP contribution in [0.1, 0.15) is 21.0 Å². The smallest absolute Gasteiger partial charge is 0.359 e. The number of halogens is 2. The van der Waals surface area contributed by atoms with Crippen LogP contribution < -0.4 is 0 Å². The predicted molar refractivity (Wildman–Crippen MR) is 54.7 cm³/mol. The quantitative estimate of drug-likeness (QED) is 0.751. The van der Waals surface area contributed by atoms with Gasteiger partial charge in [-0.15, -0.1) is 0 Å². The van der Waals surface area contributed by atoms with Gasteiger partial charge >= 0.3 is 11.9 Å². The molecule has 0 saturated carbocycles. The Morgan fingerprint density at radius 2 is 1.25 bits per heavy atom. The summed E-state index contributed by atoms with van der Waals surface area (Å²) in [6, 6.07) is 0. The first-order valence-electron chi connectivity index (χ1n) is 3.91. The van der Waals surface area contributed by atoms with Gasteiger partial charge in [0.15, 0.2) is 21.7 Å². The lowest BCUT2D eigenvalue weighted by Crippen LogP contribution is -2.16. The summed E-state index contributed by atoms with van der Waals surface area (Å²) in [5, 5.41) is -0.399. The number of methoxy groups -OCH3 is 2. The van der Waals surface area contributed by atoms with Crippen LogP contribution >= 0.6 is 23.2 Å². The van der Waals surface area contributed by atoms with E-state index < -0.39 is 11.9 Å². The van der Waals surface area contributed by atoms with Gasteiger partial charge in [0, 0.05) is 0 Å². The first-order valence-corrected chi connectivity index (χ1v) is 4.66. The van der Waals surface area contributed by atoms with E-state index in [2.05, 4.69) is 19.4 Å². The van der Waals surface area contributed by atoms with E-state index in [1.165, 1.54) is 0 Å². The van der Waals surface area contributed by atoms with Crippen LogP contribution in [0.25, 0.3) is 0 Å². The van der Waals surface area contributed by atoms with Crippen molar-refractivity contribution in [2.75, 3.05) is 14.2 Å². The molecule has 1 heterocycles. The molecule has 1 aromatic rings. The minimum absolute atomic E-state index is 0.199. The zero-order chi connectivity index (χ0) is 12.3. The number of hydrogen-bond acceptors (Lipinski definition) is 6. The van der Waals surface area contributed by atoms with E-state index in [1.54, 1.807) is 0 Å². The highest BCUT2D eigenvalue weighted by atomic mass is 35.5.